The van der Waals surface area contributed by atoms with E-state index in [9.17, 15) is 9.59 Å². The first-order valence-electron chi connectivity index (χ1n) is 11.0. The van der Waals surface area contributed by atoms with Gasteiger partial charge in [-0.05, 0) is 49.4 Å². The van der Waals surface area contributed by atoms with E-state index in [4.69, 9.17) is 11.6 Å². The highest BCUT2D eigenvalue weighted by Crippen LogP contribution is 2.29. The van der Waals surface area contributed by atoms with Crippen LogP contribution in [0.5, 0.6) is 0 Å². The number of nitrogens with zero attached hydrogens (tertiary/aromatic N) is 2. The Morgan fingerprint density at radius 2 is 1.90 bits per heavy atom. The van der Waals surface area contributed by atoms with Crippen molar-refractivity contribution in [2.45, 2.75) is 33.2 Å². The van der Waals surface area contributed by atoms with Crippen molar-refractivity contribution in [3.05, 3.63) is 64.2 Å². The van der Waals surface area contributed by atoms with Gasteiger partial charge < -0.3 is 15.1 Å². The Morgan fingerprint density at radius 1 is 1.13 bits per heavy atom. The minimum absolute atomic E-state index is 0.00265. The summed E-state index contributed by atoms with van der Waals surface area (Å²) in [5, 5.41) is 3.85. The first kappa shape index (κ1) is 21.7. The second-order valence-electron chi connectivity index (χ2n) is 8.94. The number of carbonyl (C=O) groups excluding carboxylic acids is 2. The fourth-order valence-electron chi connectivity index (χ4n) is 4.55. The van der Waals surface area contributed by atoms with Crippen molar-refractivity contribution in [2.24, 2.45) is 11.8 Å². The van der Waals surface area contributed by atoms with Gasteiger partial charge in [0, 0.05) is 49.9 Å². The second-order valence-corrected chi connectivity index (χ2v) is 9.37. The predicted octanol–water partition coefficient (Wildman–Crippen LogP) is 3.95. The first-order valence-corrected chi connectivity index (χ1v) is 11.4. The number of amides is 2. The SMILES string of the molecule is Cc1ccc(CN2CC(C(=O)NCC3CCN(c4cc(Cl)ccc4C)C3)CC2=O)cc1. The predicted molar refractivity (Wildman–Crippen MR) is 124 cm³/mol. The number of aryl methyl sites for hydroxylation is 2. The maximum atomic E-state index is 12.7. The van der Waals surface area contributed by atoms with Crippen LogP contribution < -0.4 is 10.2 Å². The maximum absolute atomic E-state index is 12.7. The average Bonchev–Trinajstić information content (AvgIpc) is 3.37. The highest BCUT2D eigenvalue weighted by molar-refractivity contribution is 6.30. The Hall–Kier alpha value is -2.53. The molecule has 4 rings (SSSR count). The van der Waals surface area contributed by atoms with Gasteiger partial charge in [0.25, 0.3) is 0 Å². The van der Waals surface area contributed by atoms with E-state index in [2.05, 4.69) is 29.3 Å². The number of likely N-dealkylation sites (tertiary alicyclic amines) is 1. The summed E-state index contributed by atoms with van der Waals surface area (Å²) < 4.78 is 0. The van der Waals surface area contributed by atoms with Crippen LogP contribution in [0.15, 0.2) is 42.5 Å². The molecule has 0 bridgehead atoms. The lowest BCUT2D eigenvalue weighted by Gasteiger charge is -2.21. The van der Waals surface area contributed by atoms with Gasteiger partial charge in [0.05, 0.1) is 5.92 Å². The van der Waals surface area contributed by atoms with Gasteiger partial charge >= 0.3 is 0 Å². The molecule has 2 saturated heterocycles. The van der Waals surface area contributed by atoms with Gasteiger partial charge in [0.15, 0.2) is 0 Å². The Kier molecular flexibility index (Phi) is 6.51. The molecule has 0 saturated carbocycles. The summed E-state index contributed by atoms with van der Waals surface area (Å²) in [5.41, 5.74) is 4.69. The molecule has 2 fully saturated rings. The monoisotopic (exact) mass is 439 g/mol. The van der Waals surface area contributed by atoms with Crippen molar-refractivity contribution < 1.29 is 9.59 Å². The summed E-state index contributed by atoms with van der Waals surface area (Å²) in [7, 11) is 0. The van der Waals surface area contributed by atoms with Crippen molar-refractivity contribution >= 4 is 29.1 Å². The number of anilines is 1. The van der Waals surface area contributed by atoms with Crippen LogP contribution in [-0.4, -0.2) is 42.9 Å². The molecule has 2 heterocycles. The second kappa shape index (κ2) is 9.31. The number of hydrogen-bond acceptors (Lipinski definition) is 3. The van der Waals surface area contributed by atoms with Crippen LogP contribution in [0.3, 0.4) is 0 Å². The van der Waals surface area contributed by atoms with E-state index < -0.39 is 0 Å². The van der Waals surface area contributed by atoms with Gasteiger partial charge in [-0.15, -0.1) is 0 Å². The highest BCUT2D eigenvalue weighted by Gasteiger charge is 2.34. The highest BCUT2D eigenvalue weighted by atomic mass is 35.5. The summed E-state index contributed by atoms with van der Waals surface area (Å²) in [6.45, 7) is 7.73. The van der Waals surface area contributed by atoms with Crippen LogP contribution in [-0.2, 0) is 16.1 Å². The largest absolute Gasteiger partial charge is 0.371 e. The van der Waals surface area contributed by atoms with E-state index >= 15 is 0 Å². The van der Waals surface area contributed by atoms with Crippen LogP contribution in [0.2, 0.25) is 5.02 Å². The Morgan fingerprint density at radius 3 is 2.68 bits per heavy atom. The van der Waals surface area contributed by atoms with Gasteiger partial charge in [-0.3, -0.25) is 9.59 Å². The summed E-state index contributed by atoms with van der Waals surface area (Å²) in [6, 6.07) is 14.2. The molecule has 2 amide bonds. The van der Waals surface area contributed by atoms with Crippen molar-refractivity contribution in [3.63, 3.8) is 0 Å². The number of carbonyl (C=O) groups is 2. The van der Waals surface area contributed by atoms with E-state index in [0.717, 1.165) is 30.1 Å². The van der Waals surface area contributed by atoms with Crippen molar-refractivity contribution in [3.8, 4) is 0 Å². The number of rotatable bonds is 6. The van der Waals surface area contributed by atoms with Crippen LogP contribution in [0.4, 0.5) is 5.69 Å². The fraction of sp³-hybridized carbons (Fsp3) is 0.440. The standard InChI is InChI=1S/C25H30ClN3O2/c1-17-3-6-19(7-4-17)14-29-16-21(11-24(29)30)25(31)27-13-20-9-10-28(15-20)23-12-22(26)8-5-18(23)2/h3-8,12,20-21H,9-11,13-16H2,1-2H3,(H,27,31). The third-order valence-corrected chi connectivity index (χ3v) is 6.68. The van der Waals surface area contributed by atoms with E-state index in [0.29, 0.717) is 32.0 Å². The average molecular weight is 440 g/mol. The maximum Gasteiger partial charge on any atom is 0.225 e. The number of benzene rings is 2. The van der Waals surface area contributed by atoms with Crippen molar-refractivity contribution in [1.29, 1.82) is 0 Å². The molecular formula is C25H30ClN3O2. The third-order valence-electron chi connectivity index (χ3n) is 6.44. The summed E-state index contributed by atoms with van der Waals surface area (Å²) >= 11 is 6.17. The Labute approximate surface area is 189 Å². The molecule has 2 unspecified atom stereocenters. The third kappa shape index (κ3) is 5.21. The molecular weight excluding hydrogens is 410 g/mol. The lowest BCUT2D eigenvalue weighted by Crippen LogP contribution is -2.36. The molecule has 0 radical (unpaired) electrons. The molecule has 164 valence electrons. The van der Waals surface area contributed by atoms with Gasteiger partial charge in [0.2, 0.25) is 11.8 Å². The summed E-state index contributed by atoms with van der Waals surface area (Å²) in [4.78, 5) is 29.3. The van der Waals surface area contributed by atoms with E-state index in [1.54, 1.807) is 4.90 Å². The lowest BCUT2D eigenvalue weighted by atomic mass is 10.1. The Bertz CT molecular complexity index is 960. The summed E-state index contributed by atoms with van der Waals surface area (Å²) in [5.74, 6) is 0.204. The zero-order valence-corrected chi connectivity index (χ0v) is 19.0. The van der Waals surface area contributed by atoms with E-state index in [1.165, 1.54) is 16.8 Å². The van der Waals surface area contributed by atoms with Crippen LogP contribution in [0.25, 0.3) is 0 Å². The molecule has 2 aromatic rings. The van der Waals surface area contributed by atoms with Crippen LogP contribution >= 0.6 is 11.6 Å². The molecule has 2 aliphatic heterocycles. The molecule has 0 aromatic heterocycles. The molecule has 5 nitrogen and oxygen atoms in total. The molecule has 31 heavy (non-hydrogen) atoms. The van der Waals surface area contributed by atoms with Crippen LogP contribution in [0.1, 0.15) is 29.5 Å². The molecule has 1 N–H and O–H groups in total. The first-order chi connectivity index (χ1) is 14.9. The fourth-order valence-corrected chi connectivity index (χ4v) is 4.71. The molecule has 0 spiro atoms. The van der Waals surface area contributed by atoms with Gasteiger partial charge in [-0.2, -0.15) is 0 Å². The molecule has 0 aliphatic carbocycles. The van der Waals surface area contributed by atoms with Crippen molar-refractivity contribution in [1.82, 2.24) is 10.2 Å². The van der Waals surface area contributed by atoms with Crippen molar-refractivity contribution in [2.75, 3.05) is 31.1 Å². The number of nitrogens with one attached hydrogen (secondary N) is 1. The minimum Gasteiger partial charge on any atom is -0.371 e. The van der Waals surface area contributed by atoms with E-state index in [1.807, 2.05) is 37.3 Å². The quantitative estimate of drug-likeness (QED) is 0.741. The van der Waals surface area contributed by atoms with Gasteiger partial charge in [-0.25, -0.2) is 0 Å². The summed E-state index contributed by atoms with van der Waals surface area (Å²) in [6.07, 6.45) is 1.34. The zero-order chi connectivity index (χ0) is 22.0. The molecule has 2 aromatic carbocycles. The molecule has 2 aliphatic rings. The van der Waals surface area contributed by atoms with Crippen LogP contribution in [0, 0.1) is 25.7 Å². The molecule has 6 heteroatoms. The lowest BCUT2D eigenvalue weighted by molar-refractivity contribution is -0.129. The normalized spacial score (nSPS) is 21.1. The minimum atomic E-state index is -0.259. The topological polar surface area (TPSA) is 52.7 Å². The number of hydrogen-bond donors (Lipinski definition) is 1. The Balaban J connectivity index is 1.26. The van der Waals surface area contributed by atoms with E-state index in [-0.39, 0.29) is 17.7 Å². The zero-order valence-electron chi connectivity index (χ0n) is 18.2. The molecule has 2 atom stereocenters. The van der Waals surface area contributed by atoms with Gasteiger partial charge in [-0.1, -0.05) is 47.5 Å². The van der Waals surface area contributed by atoms with Gasteiger partial charge in [0.1, 0.15) is 0 Å². The number of halogens is 1. The smallest absolute Gasteiger partial charge is 0.225 e.